The van der Waals surface area contributed by atoms with Gasteiger partial charge in [-0.05, 0) is 18.9 Å². The molecule has 0 N–H and O–H groups in total. The summed E-state index contributed by atoms with van der Waals surface area (Å²) in [6, 6.07) is 0. The van der Waals surface area contributed by atoms with Gasteiger partial charge in [-0.1, -0.05) is 33.3 Å². The highest BCUT2D eigenvalue weighted by atomic mass is 15.3. The standard InChI is InChI=1S/C13H28N/c1-6-9-10-13(8-3)12-14(4,5)11-7-2/h7,13H,2,6,8-12H2,1,3-5H3/q+1/p+1. The molecule has 0 radical (unpaired) electrons. The van der Waals surface area contributed by atoms with Gasteiger partial charge in [-0.25, -0.2) is 0 Å². The molecule has 0 heterocycles. The Hall–Kier alpha value is -0.300. The molecule has 0 aliphatic rings. The Balaban J connectivity index is 0. The summed E-state index contributed by atoms with van der Waals surface area (Å²) >= 11 is 0. The lowest BCUT2D eigenvalue weighted by Gasteiger charge is -2.32. The van der Waals surface area contributed by atoms with Crippen LogP contribution in [0.15, 0.2) is 12.7 Å². The van der Waals surface area contributed by atoms with E-state index in [9.17, 15) is 0 Å². The van der Waals surface area contributed by atoms with Crippen molar-refractivity contribution in [2.75, 3.05) is 27.2 Å². The minimum Gasteiger partial charge on any atom is -0.325 e. The third-order valence-corrected chi connectivity index (χ3v) is 2.92. The summed E-state index contributed by atoms with van der Waals surface area (Å²) < 4.78 is 1.09. The van der Waals surface area contributed by atoms with Crippen molar-refractivity contribution >= 4 is 0 Å². The van der Waals surface area contributed by atoms with Gasteiger partial charge in [0.15, 0.2) is 0 Å². The van der Waals surface area contributed by atoms with E-state index in [4.69, 9.17) is 0 Å². The monoisotopic (exact) mass is 199 g/mol. The molecule has 0 amide bonds. The van der Waals surface area contributed by atoms with E-state index < -0.39 is 0 Å². The van der Waals surface area contributed by atoms with E-state index in [1.807, 2.05) is 6.08 Å². The number of unbranched alkanes of at least 4 members (excludes halogenated alkanes) is 1. The number of rotatable bonds is 8. The van der Waals surface area contributed by atoms with E-state index in [1.165, 1.54) is 32.2 Å². The van der Waals surface area contributed by atoms with Gasteiger partial charge in [0.05, 0.1) is 27.2 Å². The van der Waals surface area contributed by atoms with Gasteiger partial charge in [0.25, 0.3) is 0 Å². The van der Waals surface area contributed by atoms with Crippen molar-refractivity contribution in [3.05, 3.63) is 12.7 Å². The Morgan fingerprint density at radius 3 is 2.43 bits per heavy atom. The second-order valence-corrected chi connectivity index (χ2v) is 5.01. The summed E-state index contributed by atoms with van der Waals surface area (Å²) in [6.07, 6.45) is 7.45. The maximum atomic E-state index is 3.83. The molecule has 1 atom stereocenters. The SMILES string of the molecule is C=CC[N+](C)(C)CC(CC)CCCC.[H+]. The Bertz CT molecular complexity index is 155. The summed E-state index contributed by atoms with van der Waals surface area (Å²) in [6.45, 7) is 10.8. The summed E-state index contributed by atoms with van der Waals surface area (Å²) in [5.41, 5.74) is 0. The van der Waals surface area contributed by atoms with Crippen LogP contribution in [-0.4, -0.2) is 31.7 Å². The molecular formula is C13H29N+2. The van der Waals surface area contributed by atoms with Crippen LogP contribution in [0.25, 0.3) is 0 Å². The van der Waals surface area contributed by atoms with Crippen molar-refractivity contribution < 1.29 is 5.91 Å². The summed E-state index contributed by atoms with van der Waals surface area (Å²) in [4.78, 5) is 0. The zero-order valence-electron chi connectivity index (χ0n) is 11.6. The molecule has 0 spiro atoms. The highest BCUT2D eigenvalue weighted by molar-refractivity contribution is 4.66. The smallest absolute Gasteiger partial charge is 0.325 e. The summed E-state index contributed by atoms with van der Waals surface area (Å²) in [5, 5.41) is 0. The van der Waals surface area contributed by atoms with Crippen molar-refractivity contribution in [2.45, 2.75) is 39.5 Å². The minimum absolute atomic E-state index is 0. The Labute approximate surface area is 91.9 Å². The fraction of sp³-hybridized carbons (Fsp3) is 0.846. The molecule has 0 aliphatic heterocycles. The molecule has 0 saturated heterocycles. The van der Waals surface area contributed by atoms with Crippen LogP contribution in [0.1, 0.15) is 41.0 Å². The first kappa shape index (κ1) is 13.7. The lowest BCUT2D eigenvalue weighted by Crippen LogP contribution is -2.43. The molecule has 0 aromatic carbocycles. The number of hydrogen-bond acceptors (Lipinski definition) is 0. The molecule has 0 aromatic rings. The van der Waals surface area contributed by atoms with E-state index in [-0.39, 0.29) is 1.43 Å². The van der Waals surface area contributed by atoms with Gasteiger partial charge in [-0.3, -0.25) is 0 Å². The third kappa shape index (κ3) is 6.20. The average molecular weight is 199 g/mol. The molecule has 1 unspecified atom stereocenters. The predicted octanol–water partition coefficient (Wildman–Crippen LogP) is 3.58. The van der Waals surface area contributed by atoms with Crippen molar-refractivity contribution in [1.29, 1.82) is 0 Å². The molecule has 84 valence electrons. The lowest BCUT2D eigenvalue weighted by atomic mass is 9.98. The van der Waals surface area contributed by atoms with Crippen molar-refractivity contribution in [2.24, 2.45) is 5.92 Å². The fourth-order valence-corrected chi connectivity index (χ4v) is 2.04. The zero-order valence-corrected chi connectivity index (χ0v) is 10.6. The maximum absolute atomic E-state index is 3.83. The molecule has 0 rings (SSSR count). The summed E-state index contributed by atoms with van der Waals surface area (Å²) in [7, 11) is 4.60. The highest BCUT2D eigenvalue weighted by Crippen LogP contribution is 2.16. The third-order valence-electron chi connectivity index (χ3n) is 2.92. The zero-order chi connectivity index (χ0) is 11.0. The quantitative estimate of drug-likeness (QED) is 0.414. The van der Waals surface area contributed by atoms with Crippen LogP contribution in [0.5, 0.6) is 0 Å². The van der Waals surface area contributed by atoms with Crippen LogP contribution in [0.4, 0.5) is 0 Å². The molecule has 0 bridgehead atoms. The fourth-order valence-electron chi connectivity index (χ4n) is 2.04. The predicted molar refractivity (Wildman–Crippen MR) is 66.5 cm³/mol. The summed E-state index contributed by atoms with van der Waals surface area (Å²) in [5.74, 6) is 0.893. The minimum atomic E-state index is 0. The largest absolute Gasteiger partial charge is 1.00 e. The maximum Gasteiger partial charge on any atom is 1.00 e. The van der Waals surface area contributed by atoms with Gasteiger partial charge < -0.3 is 4.48 Å². The second kappa shape index (κ2) is 7.05. The average Bonchev–Trinajstić information content (AvgIpc) is 2.12. The van der Waals surface area contributed by atoms with E-state index >= 15 is 0 Å². The first-order valence-electron chi connectivity index (χ1n) is 5.98. The highest BCUT2D eigenvalue weighted by Gasteiger charge is 2.18. The number of nitrogens with zero attached hydrogens (tertiary/aromatic N) is 1. The van der Waals surface area contributed by atoms with Crippen LogP contribution in [0.3, 0.4) is 0 Å². The van der Waals surface area contributed by atoms with E-state index in [0.29, 0.717) is 0 Å². The Morgan fingerprint density at radius 2 is 2.00 bits per heavy atom. The van der Waals surface area contributed by atoms with Crippen molar-refractivity contribution in [3.8, 4) is 0 Å². The lowest BCUT2D eigenvalue weighted by molar-refractivity contribution is -0.888. The van der Waals surface area contributed by atoms with Gasteiger partial charge in [0.2, 0.25) is 0 Å². The number of hydrogen-bond donors (Lipinski definition) is 0. The van der Waals surface area contributed by atoms with Crippen LogP contribution in [-0.2, 0) is 0 Å². The normalized spacial score (nSPS) is 14.0. The molecular weight excluding hydrogens is 170 g/mol. The van der Waals surface area contributed by atoms with Crippen LogP contribution in [0.2, 0.25) is 0 Å². The van der Waals surface area contributed by atoms with Gasteiger partial charge in [0, 0.05) is 5.92 Å². The van der Waals surface area contributed by atoms with Crippen LogP contribution in [0, 0.1) is 5.92 Å². The Kier molecular flexibility index (Phi) is 6.90. The van der Waals surface area contributed by atoms with E-state index in [0.717, 1.165) is 16.9 Å². The molecule has 0 fully saturated rings. The molecule has 14 heavy (non-hydrogen) atoms. The first-order chi connectivity index (χ1) is 6.55. The number of quaternary nitrogens is 1. The second-order valence-electron chi connectivity index (χ2n) is 5.01. The molecule has 0 saturated carbocycles. The van der Waals surface area contributed by atoms with Crippen molar-refractivity contribution in [1.82, 2.24) is 0 Å². The Morgan fingerprint density at radius 1 is 1.36 bits per heavy atom. The van der Waals surface area contributed by atoms with E-state index in [1.54, 1.807) is 0 Å². The van der Waals surface area contributed by atoms with Crippen LogP contribution < -0.4 is 0 Å². The van der Waals surface area contributed by atoms with E-state index in [2.05, 4.69) is 34.5 Å². The topological polar surface area (TPSA) is 0 Å². The van der Waals surface area contributed by atoms with Crippen molar-refractivity contribution in [3.63, 3.8) is 0 Å². The van der Waals surface area contributed by atoms with Gasteiger partial charge in [0.1, 0.15) is 0 Å². The van der Waals surface area contributed by atoms with Gasteiger partial charge in [-0.15, -0.1) is 0 Å². The molecule has 0 aromatic heterocycles. The molecule has 1 nitrogen and oxygen atoms in total. The first-order valence-corrected chi connectivity index (χ1v) is 5.98. The molecule has 0 aliphatic carbocycles. The van der Waals surface area contributed by atoms with Crippen LogP contribution >= 0.6 is 0 Å². The number of likely N-dealkylation sites (N-methyl/N-ethyl adjacent to an activating group) is 1. The van der Waals surface area contributed by atoms with Gasteiger partial charge in [-0.2, -0.15) is 0 Å². The van der Waals surface area contributed by atoms with Gasteiger partial charge >= 0.3 is 1.43 Å². The molecule has 1 heteroatoms.